The molecule has 1 saturated carbocycles. The van der Waals surface area contributed by atoms with E-state index >= 15 is 0 Å². The monoisotopic (exact) mass is 263 g/mol. The first-order valence-electron chi connectivity index (χ1n) is 7.13. The molecule has 1 aromatic carbocycles. The van der Waals surface area contributed by atoms with Crippen LogP contribution in [0.25, 0.3) is 0 Å². The quantitative estimate of drug-likeness (QED) is 0.785. The number of phenols is 1. The lowest BCUT2D eigenvalue weighted by molar-refractivity contribution is -0.0394. The number of hydrogen-bond donors (Lipinski definition) is 3. The summed E-state index contributed by atoms with van der Waals surface area (Å²) in [5.74, 6) is 0.133. The van der Waals surface area contributed by atoms with E-state index in [0.717, 1.165) is 31.2 Å². The van der Waals surface area contributed by atoms with Crippen LogP contribution in [0.15, 0.2) is 24.3 Å². The van der Waals surface area contributed by atoms with Crippen LogP contribution in [0.3, 0.4) is 0 Å². The highest BCUT2D eigenvalue weighted by molar-refractivity contribution is 5.32. The second-order valence-corrected chi connectivity index (χ2v) is 6.51. The maximum Gasteiger partial charge on any atom is 0.115 e. The second kappa shape index (κ2) is 5.14. The molecular formula is C16H25NO2. The van der Waals surface area contributed by atoms with Gasteiger partial charge in [-0.15, -0.1) is 0 Å². The molecule has 0 heterocycles. The minimum atomic E-state index is -0.729. The summed E-state index contributed by atoms with van der Waals surface area (Å²) >= 11 is 0. The molecule has 0 saturated heterocycles. The number of rotatable bonds is 3. The normalized spacial score (nSPS) is 21.1. The Balaban J connectivity index is 2.38. The van der Waals surface area contributed by atoms with Gasteiger partial charge in [-0.1, -0.05) is 31.4 Å². The Bertz CT molecular complexity index is 413. The van der Waals surface area contributed by atoms with E-state index in [0.29, 0.717) is 0 Å². The third kappa shape index (κ3) is 3.10. The van der Waals surface area contributed by atoms with E-state index in [2.05, 4.69) is 0 Å². The van der Waals surface area contributed by atoms with Gasteiger partial charge in [0.2, 0.25) is 0 Å². The Hall–Kier alpha value is -1.06. The van der Waals surface area contributed by atoms with Gasteiger partial charge >= 0.3 is 0 Å². The Kier molecular flexibility index (Phi) is 3.88. The van der Waals surface area contributed by atoms with Crippen molar-refractivity contribution in [1.29, 1.82) is 0 Å². The lowest BCUT2D eigenvalue weighted by atomic mass is 9.66. The largest absolute Gasteiger partial charge is 0.508 e. The number of aromatic hydroxyl groups is 1. The smallest absolute Gasteiger partial charge is 0.115 e. The van der Waals surface area contributed by atoms with Crippen molar-refractivity contribution in [3.63, 3.8) is 0 Å². The van der Waals surface area contributed by atoms with E-state index < -0.39 is 11.1 Å². The van der Waals surface area contributed by atoms with Crippen LogP contribution in [-0.4, -0.2) is 21.4 Å². The van der Waals surface area contributed by atoms with E-state index in [9.17, 15) is 10.2 Å². The molecule has 19 heavy (non-hydrogen) atoms. The number of hydrogen-bond acceptors (Lipinski definition) is 3. The molecule has 1 atom stereocenters. The molecule has 1 aliphatic carbocycles. The minimum absolute atomic E-state index is 0.110. The average Bonchev–Trinajstić information content (AvgIpc) is 2.31. The van der Waals surface area contributed by atoms with Gasteiger partial charge in [0.05, 0.1) is 5.60 Å². The molecule has 2 rings (SSSR count). The first kappa shape index (κ1) is 14.4. The first-order valence-corrected chi connectivity index (χ1v) is 7.13. The predicted octanol–water partition coefficient (Wildman–Crippen LogP) is 2.91. The standard InChI is InChI=1S/C16H25NO2/c1-15(2,17)14(12-6-8-13(18)9-7-12)16(19)10-4-3-5-11-16/h6-9,14,18-19H,3-5,10-11,17H2,1-2H3. The molecule has 4 N–H and O–H groups in total. The number of nitrogens with two attached hydrogens (primary N) is 1. The fourth-order valence-corrected chi connectivity index (χ4v) is 3.55. The minimum Gasteiger partial charge on any atom is -0.508 e. The summed E-state index contributed by atoms with van der Waals surface area (Å²) in [6, 6.07) is 7.09. The van der Waals surface area contributed by atoms with Crippen LogP contribution in [-0.2, 0) is 0 Å². The molecule has 0 spiro atoms. The van der Waals surface area contributed by atoms with Crippen molar-refractivity contribution in [3.05, 3.63) is 29.8 Å². The summed E-state index contributed by atoms with van der Waals surface area (Å²) in [5, 5.41) is 20.5. The van der Waals surface area contributed by atoms with Gasteiger partial charge in [-0.3, -0.25) is 0 Å². The Morgan fingerprint density at radius 2 is 1.63 bits per heavy atom. The number of benzene rings is 1. The topological polar surface area (TPSA) is 66.5 Å². The van der Waals surface area contributed by atoms with Gasteiger partial charge < -0.3 is 15.9 Å². The Morgan fingerprint density at radius 3 is 2.11 bits per heavy atom. The molecule has 1 unspecified atom stereocenters. The highest BCUT2D eigenvalue weighted by atomic mass is 16.3. The molecule has 0 aromatic heterocycles. The Labute approximate surface area is 115 Å². The van der Waals surface area contributed by atoms with Gasteiger partial charge in [0.15, 0.2) is 0 Å². The third-order valence-corrected chi connectivity index (χ3v) is 4.23. The van der Waals surface area contributed by atoms with Crippen LogP contribution in [0.5, 0.6) is 5.75 Å². The molecule has 0 aliphatic heterocycles. The van der Waals surface area contributed by atoms with Crippen molar-refractivity contribution < 1.29 is 10.2 Å². The van der Waals surface area contributed by atoms with Gasteiger partial charge in [-0.25, -0.2) is 0 Å². The highest BCUT2D eigenvalue weighted by Crippen LogP contribution is 2.44. The zero-order valence-electron chi connectivity index (χ0n) is 11.9. The molecule has 0 amide bonds. The van der Waals surface area contributed by atoms with Crippen molar-refractivity contribution in [2.75, 3.05) is 0 Å². The van der Waals surface area contributed by atoms with Crippen LogP contribution in [0.2, 0.25) is 0 Å². The number of aliphatic hydroxyl groups is 1. The molecule has 1 aliphatic rings. The molecule has 0 bridgehead atoms. The first-order chi connectivity index (χ1) is 8.83. The van der Waals surface area contributed by atoms with Gasteiger partial charge in [-0.2, -0.15) is 0 Å². The van der Waals surface area contributed by atoms with Gasteiger partial charge in [0.25, 0.3) is 0 Å². The molecule has 1 fully saturated rings. The van der Waals surface area contributed by atoms with E-state index in [4.69, 9.17) is 5.73 Å². The maximum absolute atomic E-state index is 11.0. The summed E-state index contributed by atoms with van der Waals surface area (Å²) in [6.45, 7) is 3.94. The molecule has 1 aromatic rings. The molecule has 106 valence electrons. The van der Waals surface area contributed by atoms with Crippen LogP contribution in [0.1, 0.15) is 57.4 Å². The van der Waals surface area contributed by atoms with Crippen molar-refractivity contribution in [2.45, 2.75) is 63.0 Å². The van der Waals surface area contributed by atoms with Crippen molar-refractivity contribution in [1.82, 2.24) is 0 Å². The summed E-state index contributed by atoms with van der Waals surface area (Å²) in [4.78, 5) is 0. The van der Waals surface area contributed by atoms with Crippen LogP contribution in [0.4, 0.5) is 0 Å². The highest BCUT2D eigenvalue weighted by Gasteiger charge is 2.45. The van der Waals surface area contributed by atoms with Crippen LogP contribution >= 0.6 is 0 Å². The fraction of sp³-hybridized carbons (Fsp3) is 0.625. The molecule has 3 nitrogen and oxygen atoms in total. The zero-order chi connectivity index (χ0) is 14.1. The van der Waals surface area contributed by atoms with Crippen molar-refractivity contribution in [2.24, 2.45) is 5.73 Å². The summed E-state index contributed by atoms with van der Waals surface area (Å²) < 4.78 is 0. The number of phenolic OH excluding ortho intramolecular Hbond substituents is 1. The fourth-order valence-electron chi connectivity index (χ4n) is 3.55. The van der Waals surface area contributed by atoms with Crippen LogP contribution in [0, 0.1) is 0 Å². The van der Waals surface area contributed by atoms with Gasteiger partial charge in [0, 0.05) is 11.5 Å². The van der Waals surface area contributed by atoms with Crippen molar-refractivity contribution >= 4 is 0 Å². The third-order valence-electron chi connectivity index (χ3n) is 4.23. The molecular weight excluding hydrogens is 238 g/mol. The predicted molar refractivity (Wildman–Crippen MR) is 77.1 cm³/mol. The Morgan fingerprint density at radius 1 is 1.11 bits per heavy atom. The molecule has 0 radical (unpaired) electrons. The maximum atomic E-state index is 11.0. The van der Waals surface area contributed by atoms with E-state index in [1.54, 1.807) is 12.1 Å². The molecule has 3 heteroatoms. The van der Waals surface area contributed by atoms with E-state index in [1.165, 1.54) is 6.42 Å². The van der Waals surface area contributed by atoms with Crippen molar-refractivity contribution in [3.8, 4) is 5.75 Å². The summed E-state index contributed by atoms with van der Waals surface area (Å²) in [5.41, 5.74) is 6.13. The van der Waals surface area contributed by atoms with Gasteiger partial charge in [-0.05, 0) is 44.4 Å². The zero-order valence-corrected chi connectivity index (χ0v) is 11.9. The lowest BCUT2D eigenvalue weighted by Gasteiger charge is -2.46. The van der Waals surface area contributed by atoms with E-state index in [1.807, 2.05) is 26.0 Å². The second-order valence-electron chi connectivity index (χ2n) is 6.51. The summed E-state index contributed by atoms with van der Waals surface area (Å²) in [6.07, 6.45) is 4.91. The average molecular weight is 263 g/mol. The summed E-state index contributed by atoms with van der Waals surface area (Å²) in [7, 11) is 0. The van der Waals surface area contributed by atoms with Crippen LogP contribution < -0.4 is 5.73 Å². The lowest BCUT2D eigenvalue weighted by Crippen LogP contribution is -2.52. The SMILES string of the molecule is CC(C)(N)C(c1ccc(O)cc1)C1(O)CCCCC1. The van der Waals surface area contributed by atoms with Gasteiger partial charge in [0.1, 0.15) is 5.75 Å². The van der Waals surface area contributed by atoms with E-state index in [-0.39, 0.29) is 11.7 Å².